The SMILES string of the molecule is CCN(CC)c1ncc(CNC(C)(C)CC(N)=O)s1. The molecule has 108 valence electrons. The normalized spacial score (nSPS) is 11.6. The highest BCUT2D eigenvalue weighted by Gasteiger charge is 2.20. The summed E-state index contributed by atoms with van der Waals surface area (Å²) in [6, 6.07) is 0. The van der Waals surface area contributed by atoms with Crippen molar-refractivity contribution in [3.63, 3.8) is 0 Å². The maximum absolute atomic E-state index is 11.0. The highest BCUT2D eigenvalue weighted by atomic mass is 32.1. The van der Waals surface area contributed by atoms with Crippen LogP contribution in [0.1, 0.15) is 39.0 Å². The van der Waals surface area contributed by atoms with Gasteiger partial charge in [0.05, 0.1) is 0 Å². The number of thiazole rings is 1. The molecule has 0 aliphatic rings. The summed E-state index contributed by atoms with van der Waals surface area (Å²) in [5.41, 5.74) is 4.95. The first kappa shape index (κ1) is 15.9. The molecule has 3 N–H and O–H groups in total. The molecule has 0 radical (unpaired) electrons. The molecule has 0 fully saturated rings. The lowest BCUT2D eigenvalue weighted by Gasteiger charge is -2.24. The molecule has 0 aliphatic carbocycles. The van der Waals surface area contributed by atoms with Gasteiger partial charge >= 0.3 is 0 Å². The predicted octanol–water partition coefficient (Wildman–Crippen LogP) is 1.73. The largest absolute Gasteiger partial charge is 0.370 e. The van der Waals surface area contributed by atoms with Crippen LogP contribution in [0.2, 0.25) is 0 Å². The topological polar surface area (TPSA) is 71.2 Å². The number of amides is 1. The third-order valence-corrected chi connectivity index (χ3v) is 3.99. The van der Waals surface area contributed by atoms with Crippen LogP contribution in [0.5, 0.6) is 0 Å². The van der Waals surface area contributed by atoms with Gasteiger partial charge in [-0.2, -0.15) is 0 Å². The number of carbonyl (C=O) groups excluding carboxylic acids is 1. The third kappa shape index (κ3) is 5.16. The maximum Gasteiger partial charge on any atom is 0.219 e. The number of nitrogens with two attached hydrogens (primary N) is 1. The Morgan fingerprint density at radius 2 is 2.11 bits per heavy atom. The molecule has 1 aromatic rings. The molecular formula is C13H24N4OS. The molecule has 1 heterocycles. The zero-order chi connectivity index (χ0) is 14.5. The summed E-state index contributed by atoms with van der Waals surface area (Å²) in [6.45, 7) is 10.8. The molecular weight excluding hydrogens is 260 g/mol. The molecule has 0 bridgehead atoms. The fourth-order valence-corrected chi connectivity index (χ4v) is 2.82. The molecule has 0 unspecified atom stereocenters. The van der Waals surface area contributed by atoms with Crippen molar-refractivity contribution in [3.8, 4) is 0 Å². The van der Waals surface area contributed by atoms with Gasteiger partial charge in [-0.3, -0.25) is 4.79 Å². The minimum Gasteiger partial charge on any atom is -0.370 e. The molecule has 0 aliphatic heterocycles. The van der Waals surface area contributed by atoms with E-state index < -0.39 is 0 Å². The number of anilines is 1. The number of primary amides is 1. The van der Waals surface area contributed by atoms with Crippen molar-refractivity contribution in [2.24, 2.45) is 5.73 Å². The number of nitrogens with one attached hydrogen (secondary N) is 1. The lowest BCUT2D eigenvalue weighted by Crippen LogP contribution is -2.42. The maximum atomic E-state index is 11.0. The Morgan fingerprint density at radius 1 is 1.47 bits per heavy atom. The fourth-order valence-electron chi connectivity index (χ4n) is 1.84. The molecule has 0 saturated carbocycles. The summed E-state index contributed by atoms with van der Waals surface area (Å²) in [7, 11) is 0. The van der Waals surface area contributed by atoms with Gasteiger partial charge in [0, 0.05) is 42.7 Å². The van der Waals surface area contributed by atoms with E-state index in [-0.39, 0.29) is 11.4 Å². The van der Waals surface area contributed by atoms with E-state index >= 15 is 0 Å². The van der Waals surface area contributed by atoms with Gasteiger partial charge in [0.2, 0.25) is 5.91 Å². The van der Waals surface area contributed by atoms with Gasteiger partial charge < -0.3 is 16.0 Å². The number of rotatable bonds is 8. The van der Waals surface area contributed by atoms with Crippen LogP contribution in [0.25, 0.3) is 0 Å². The Labute approximate surface area is 119 Å². The van der Waals surface area contributed by atoms with Crippen molar-refractivity contribution in [1.82, 2.24) is 10.3 Å². The zero-order valence-corrected chi connectivity index (χ0v) is 13.0. The summed E-state index contributed by atoms with van der Waals surface area (Å²) in [5.74, 6) is -0.286. The van der Waals surface area contributed by atoms with Crippen molar-refractivity contribution in [3.05, 3.63) is 11.1 Å². The van der Waals surface area contributed by atoms with Crippen LogP contribution in [0.4, 0.5) is 5.13 Å². The number of hydrogen-bond acceptors (Lipinski definition) is 5. The molecule has 1 aromatic heterocycles. The smallest absolute Gasteiger partial charge is 0.219 e. The summed E-state index contributed by atoms with van der Waals surface area (Å²) >= 11 is 1.69. The van der Waals surface area contributed by atoms with Crippen LogP contribution >= 0.6 is 11.3 Å². The monoisotopic (exact) mass is 284 g/mol. The summed E-state index contributed by atoms with van der Waals surface area (Å²) < 4.78 is 0. The summed E-state index contributed by atoms with van der Waals surface area (Å²) in [6.07, 6.45) is 2.22. The first-order valence-electron chi connectivity index (χ1n) is 6.61. The van der Waals surface area contributed by atoms with Crippen LogP contribution in [-0.2, 0) is 11.3 Å². The number of carbonyl (C=O) groups is 1. The number of hydrogen-bond donors (Lipinski definition) is 2. The standard InChI is InChI=1S/C13H24N4OS/c1-5-17(6-2)12-15-8-10(19-12)9-16-13(3,4)7-11(14)18/h8,16H,5-7,9H2,1-4H3,(H2,14,18). The van der Waals surface area contributed by atoms with Crippen molar-refractivity contribution >= 4 is 22.4 Å². The average molecular weight is 284 g/mol. The lowest BCUT2D eigenvalue weighted by atomic mass is 10.0. The van der Waals surface area contributed by atoms with Crippen molar-refractivity contribution in [2.75, 3.05) is 18.0 Å². The van der Waals surface area contributed by atoms with Gasteiger partial charge in [-0.25, -0.2) is 4.98 Å². The van der Waals surface area contributed by atoms with Gasteiger partial charge in [0.15, 0.2) is 5.13 Å². The van der Waals surface area contributed by atoms with Gasteiger partial charge in [-0.1, -0.05) is 0 Å². The molecule has 1 rings (SSSR count). The molecule has 1 amide bonds. The van der Waals surface area contributed by atoms with Crippen LogP contribution in [0.15, 0.2) is 6.20 Å². The lowest BCUT2D eigenvalue weighted by molar-refractivity contribution is -0.119. The van der Waals surface area contributed by atoms with Gasteiger partial charge in [-0.15, -0.1) is 11.3 Å². The van der Waals surface area contributed by atoms with E-state index in [1.165, 1.54) is 4.88 Å². The second-order valence-electron chi connectivity index (χ2n) is 5.16. The summed E-state index contributed by atoms with van der Waals surface area (Å²) in [5, 5.41) is 4.40. The Bertz CT molecular complexity index is 413. The number of aromatic nitrogens is 1. The predicted molar refractivity (Wildman–Crippen MR) is 80.4 cm³/mol. The minimum absolute atomic E-state index is 0.286. The van der Waals surface area contributed by atoms with Crippen LogP contribution in [-0.4, -0.2) is 29.5 Å². The van der Waals surface area contributed by atoms with E-state index in [9.17, 15) is 4.79 Å². The number of nitrogens with zero attached hydrogens (tertiary/aromatic N) is 2. The average Bonchev–Trinajstić information content (AvgIpc) is 2.75. The van der Waals surface area contributed by atoms with E-state index in [1.54, 1.807) is 11.3 Å². The molecule has 0 spiro atoms. The summed E-state index contributed by atoms with van der Waals surface area (Å²) in [4.78, 5) is 18.8. The highest BCUT2D eigenvalue weighted by molar-refractivity contribution is 7.15. The van der Waals surface area contributed by atoms with Crippen LogP contribution < -0.4 is 16.0 Å². The van der Waals surface area contributed by atoms with E-state index in [0.29, 0.717) is 13.0 Å². The van der Waals surface area contributed by atoms with Crippen molar-refractivity contribution in [2.45, 2.75) is 46.2 Å². The zero-order valence-electron chi connectivity index (χ0n) is 12.2. The molecule has 5 nitrogen and oxygen atoms in total. The van der Waals surface area contributed by atoms with Crippen molar-refractivity contribution in [1.29, 1.82) is 0 Å². The first-order chi connectivity index (χ1) is 8.88. The molecule has 19 heavy (non-hydrogen) atoms. The second kappa shape index (κ2) is 6.86. The molecule has 0 aromatic carbocycles. The van der Waals surface area contributed by atoms with Crippen molar-refractivity contribution < 1.29 is 4.79 Å². The Balaban J connectivity index is 2.57. The molecule has 0 atom stereocenters. The van der Waals surface area contributed by atoms with Gasteiger partial charge in [0.25, 0.3) is 0 Å². The van der Waals surface area contributed by atoms with E-state index in [4.69, 9.17) is 5.73 Å². The third-order valence-electron chi connectivity index (χ3n) is 2.93. The van der Waals surface area contributed by atoms with Crippen LogP contribution in [0.3, 0.4) is 0 Å². The molecule has 6 heteroatoms. The fraction of sp³-hybridized carbons (Fsp3) is 0.692. The van der Waals surface area contributed by atoms with E-state index in [0.717, 1.165) is 18.2 Å². The second-order valence-corrected chi connectivity index (χ2v) is 6.26. The first-order valence-corrected chi connectivity index (χ1v) is 7.42. The highest BCUT2D eigenvalue weighted by Crippen LogP contribution is 2.22. The van der Waals surface area contributed by atoms with E-state index in [1.807, 2.05) is 20.0 Å². The van der Waals surface area contributed by atoms with Gasteiger partial charge in [-0.05, 0) is 27.7 Å². The minimum atomic E-state index is -0.287. The molecule has 0 saturated heterocycles. The Morgan fingerprint density at radius 3 is 2.63 bits per heavy atom. The Kier molecular flexibility index (Phi) is 5.75. The quantitative estimate of drug-likeness (QED) is 0.762. The Hall–Kier alpha value is -1.14. The van der Waals surface area contributed by atoms with E-state index in [2.05, 4.69) is 29.0 Å². The van der Waals surface area contributed by atoms with Crippen LogP contribution in [0, 0.1) is 0 Å². The van der Waals surface area contributed by atoms with Gasteiger partial charge in [0.1, 0.15) is 0 Å².